The van der Waals surface area contributed by atoms with Gasteiger partial charge in [0.25, 0.3) is 0 Å². The number of hydrogen-bond acceptors (Lipinski definition) is 4. The van der Waals surface area contributed by atoms with Gasteiger partial charge in [-0.2, -0.15) is 0 Å². The number of methoxy groups -OCH3 is 1. The SMILES string of the molecule is COc1cccc(C(C)NCc2csc(=O)[nH]2)c1. The van der Waals surface area contributed by atoms with E-state index in [9.17, 15) is 4.79 Å². The third-order valence-corrected chi connectivity index (χ3v) is 3.48. The smallest absolute Gasteiger partial charge is 0.304 e. The van der Waals surface area contributed by atoms with E-state index in [-0.39, 0.29) is 10.9 Å². The molecule has 0 amide bonds. The topological polar surface area (TPSA) is 54.1 Å². The highest BCUT2D eigenvalue weighted by Crippen LogP contribution is 2.18. The Bertz CT molecular complexity index is 562. The van der Waals surface area contributed by atoms with Gasteiger partial charge in [0.15, 0.2) is 0 Å². The Morgan fingerprint density at radius 1 is 1.50 bits per heavy atom. The van der Waals surface area contributed by atoms with Crippen LogP contribution in [-0.4, -0.2) is 12.1 Å². The molecular weight excluding hydrogens is 248 g/mol. The molecule has 1 unspecified atom stereocenters. The zero-order chi connectivity index (χ0) is 13.0. The second kappa shape index (κ2) is 5.84. The van der Waals surface area contributed by atoms with E-state index in [0.717, 1.165) is 17.0 Å². The predicted octanol–water partition coefficient (Wildman–Crippen LogP) is 2.30. The minimum atomic E-state index is -0.0131. The molecule has 1 aromatic heterocycles. The molecule has 1 atom stereocenters. The molecule has 0 spiro atoms. The van der Waals surface area contributed by atoms with Crippen molar-refractivity contribution in [2.24, 2.45) is 0 Å². The van der Waals surface area contributed by atoms with Gasteiger partial charge in [-0.1, -0.05) is 23.5 Å². The van der Waals surface area contributed by atoms with Crippen LogP contribution in [-0.2, 0) is 6.54 Å². The summed E-state index contributed by atoms with van der Waals surface area (Å²) in [5, 5.41) is 5.20. The van der Waals surface area contributed by atoms with E-state index in [1.165, 1.54) is 11.3 Å². The molecule has 2 N–H and O–H groups in total. The van der Waals surface area contributed by atoms with Crippen molar-refractivity contribution in [3.63, 3.8) is 0 Å². The fourth-order valence-electron chi connectivity index (χ4n) is 1.69. The molecule has 0 aliphatic rings. The van der Waals surface area contributed by atoms with E-state index in [0.29, 0.717) is 6.54 Å². The average molecular weight is 264 g/mol. The summed E-state index contributed by atoms with van der Waals surface area (Å²) in [6.45, 7) is 2.73. The molecule has 0 radical (unpaired) electrons. The Balaban J connectivity index is 1.98. The number of aromatic amines is 1. The Labute approximate surface area is 110 Å². The lowest BCUT2D eigenvalue weighted by Gasteiger charge is -2.14. The number of nitrogens with one attached hydrogen (secondary N) is 2. The van der Waals surface area contributed by atoms with E-state index in [2.05, 4.69) is 23.3 Å². The largest absolute Gasteiger partial charge is 0.497 e. The highest BCUT2D eigenvalue weighted by molar-refractivity contribution is 7.07. The van der Waals surface area contributed by atoms with Crippen LogP contribution in [0.1, 0.15) is 24.2 Å². The van der Waals surface area contributed by atoms with Crippen LogP contribution in [0.25, 0.3) is 0 Å². The maximum Gasteiger partial charge on any atom is 0.304 e. The summed E-state index contributed by atoms with van der Waals surface area (Å²) in [4.78, 5) is 13.8. The normalized spacial score (nSPS) is 12.3. The first-order chi connectivity index (χ1) is 8.69. The second-order valence-corrected chi connectivity index (χ2v) is 4.89. The fraction of sp³-hybridized carbons (Fsp3) is 0.308. The highest BCUT2D eigenvalue weighted by Gasteiger charge is 2.06. The minimum absolute atomic E-state index is 0.0131. The Kier molecular flexibility index (Phi) is 4.17. The first-order valence-corrected chi connectivity index (χ1v) is 6.61. The van der Waals surface area contributed by atoms with Gasteiger partial charge >= 0.3 is 4.87 Å². The Morgan fingerprint density at radius 2 is 2.33 bits per heavy atom. The summed E-state index contributed by atoms with van der Waals surface area (Å²) in [6.07, 6.45) is 0. The van der Waals surface area contributed by atoms with Gasteiger partial charge in [0, 0.05) is 23.7 Å². The number of benzene rings is 1. The molecule has 0 saturated carbocycles. The van der Waals surface area contributed by atoms with Crippen LogP contribution < -0.4 is 14.9 Å². The molecule has 0 saturated heterocycles. The zero-order valence-corrected chi connectivity index (χ0v) is 11.2. The van der Waals surface area contributed by atoms with Crippen molar-refractivity contribution in [3.05, 3.63) is 50.6 Å². The monoisotopic (exact) mass is 264 g/mol. The second-order valence-electron chi connectivity index (χ2n) is 4.05. The lowest BCUT2D eigenvalue weighted by molar-refractivity contribution is 0.413. The van der Waals surface area contributed by atoms with Crippen molar-refractivity contribution < 1.29 is 4.74 Å². The lowest BCUT2D eigenvalue weighted by Crippen LogP contribution is -2.18. The number of aromatic nitrogens is 1. The maximum absolute atomic E-state index is 11.0. The van der Waals surface area contributed by atoms with E-state index < -0.39 is 0 Å². The van der Waals surface area contributed by atoms with Gasteiger partial charge in [0.1, 0.15) is 5.75 Å². The van der Waals surface area contributed by atoms with Gasteiger partial charge in [-0.05, 0) is 24.6 Å². The van der Waals surface area contributed by atoms with Crippen LogP contribution in [0.15, 0.2) is 34.4 Å². The van der Waals surface area contributed by atoms with Gasteiger partial charge in [-0.15, -0.1) is 0 Å². The van der Waals surface area contributed by atoms with Crippen molar-refractivity contribution in [3.8, 4) is 5.75 Å². The summed E-state index contributed by atoms with van der Waals surface area (Å²) in [5.74, 6) is 0.852. The van der Waals surface area contributed by atoms with Crippen LogP contribution in [0.2, 0.25) is 0 Å². The summed E-state index contributed by atoms with van der Waals surface area (Å²) in [7, 11) is 1.66. The molecule has 2 rings (SSSR count). The van der Waals surface area contributed by atoms with Gasteiger partial charge in [-0.25, -0.2) is 0 Å². The van der Waals surface area contributed by atoms with E-state index in [4.69, 9.17) is 4.74 Å². The third kappa shape index (κ3) is 3.21. The Morgan fingerprint density at radius 3 is 3.00 bits per heavy atom. The summed E-state index contributed by atoms with van der Waals surface area (Å²) >= 11 is 1.19. The van der Waals surface area contributed by atoms with Gasteiger partial charge in [0.05, 0.1) is 7.11 Å². The first kappa shape index (κ1) is 12.9. The number of hydrogen-bond donors (Lipinski definition) is 2. The number of rotatable bonds is 5. The molecular formula is C13H16N2O2S. The summed E-state index contributed by atoms with van der Waals surface area (Å²) < 4.78 is 5.20. The van der Waals surface area contributed by atoms with E-state index in [1.54, 1.807) is 7.11 Å². The zero-order valence-electron chi connectivity index (χ0n) is 10.4. The third-order valence-electron chi connectivity index (χ3n) is 2.76. The number of H-pyrrole nitrogens is 1. The van der Waals surface area contributed by atoms with Crippen LogP contribution in [0.5, 0.6) is 5.75 Å². The van der Waals surface area contributed by atoms with Crippen molar-refractivity contribution in [2.45, 2.75) is 19.5 Å². The molecule has 0 aliphatic carbocycles. The number of ether oxygens (including phenoxy) is 1. The molecule has 96 valence electrons. The van der Waals surface area contributed by atoms with Crippen molar-refractivity contribution in [1.82, 2.24) is 10.3 Å². The van der Waals surface area contributed by atoms with E-state index in [1.807, 2.05) is 23.6 Å². The molecule has 5 heteroatoms. The van der Waals surface area contributed by atoms with Gasteiger partial charge in [0.2, 0.25) is 0 Å². The fourth-order valence-corrected chi connectivity index (χ4v) is 2.27. The van der Waals surface area contributed by atoms with Crippen LogP contribution in [0, 0.1) is 0 Å². The molecule has 1 aromatic carbocycles. The van der Waals surface area contributed by atoms with E-state index >= 15 is 0 Å². The standard InChI is InChI=1S/C13H16N2O2S/c1-9(10-4-3-5-12(6-10)17-2)14-7-11-8-18-13(16)15-11/h3-6,8-9,14H,7H2,1-2H3,(H,15,16). The predicted molar refractivity (Wildman–Crippen MR) is 73.2 cm³/mol. The Hall–Kier alpha value is -1.59. The van der Waals surface area contributed by atoms with Crippen LogP contribution in [0.4, 0.5) is 0 Å². The molecule has 0 bridgehead atoms. The molecule has 0 aliphatic heterocycles. The molecule has 1 heterocycles. The average Bonchev–Trinajstić information content (AvgIpc) is 2.82. The maximum atomic E-state index is 11.0. The summed E-state index contributed by atoms with van der Waals surface area (Å²) in [5.41, 5.74) is 2.08. The quantitative estimate of drug-likeness (QED) is 0.871. The lowest BCUT2D eigenvalue weighted by atomic mass is 10.1. The molecule has 0 fully saturated rings. The van der Waals surface area contributed by atoms with Gasteiger partial charge in [-0.3, -0.25) is 4.79 Å². The molecule has 18 heavy (non-hydrogen) atoms. The first-order valence-electron chi connectivity index (χ1n) is 5.73. The molecule has 2 aromatic rings. The van der Waals surface area contributed by atoms with Crippen molar-refractivity contribution >= 4 is 11.3 Å². The number of thiazole rings is 1. The van der Waals surface area contributed by atoms with Crippen molar-refractivity contribution in [1.29, 1.82) is 0 Å². The van der Waals surface area contributed by atoms with Crippen LogP contribution in [0.3, 0.4) is 0 Å². The summed E-state index contributed by atoms with van der Waals surface area (Å²) in [6, 6.07) is 8.15. The van der Waals surface area contributed by atoms with Crippen LogP contribution >= 0.6 is 11.3 Å². The highest BCUT2D eigenvalue weighted by atomic mass is 32.1. The minimum Gasteiger partial charge on any atom is -0.497 e. The van der Waals surface area contributed by atoms with Gasteiger partial charge < -0.3 is 15.0 Å². The molecule has 4 nitrogen and oxygen atoms in total. The van der Waals surface area contributed by atoms with Crippen molar-refractivity contribution in [2.75, 3.05) is 7.11 Å².